The lowest BCUT2D eigenvalue weighted by Crippen LogP contribution is -2.52. The van der Waals surface area contributed by atoms with E-state index in [1.165, 1.54) is 13.1 Å². The molecule has 1 aliphatic carbocycles. The molecule has 0 radical (unpaired) electrons. The molecule has 1 atom stereocenters. The summed E-state index contributed by atoms with van der Waals surface area (Å²) in [6, 6.07) is 10.5. The van der Waals surface area contributed by atoms with Gasteiger partial charge in [-0.2, -0.15) is 5.10 Å². The Hall–Kier alpha value is -5.66. The molecule has 238 valence electrons. The highest BCUT2D eigenvalue weighted by Gasteiger charge is 2.39. The van der Waals surface area contributed by atoms with E-state index in [2.05, 4.69) is 32.8 Å². The largest absolute Gasteiger partial charge is 0.393 e. The first-order chi connectivity index (χ1) is 22.1. The Balaban J connectivity index is 1.27. The number of aldehydes is 1. The number of hydrogen-bond donors (Lipinski definition) is 5. The van der Waals surface area contributed by atoms with Gasteiger partial charge in [-0.05, 0) is 38.0 Å². The zero-order valence-corrected chi connectivity index (χ0v) is 25.8. The quantitative estimate of drug-likeness (QED) is 0.133. The molecule has 14 heteroatoms. The Morgan fingerprint density at radius 2 is 1.78 bits per heavy atom. The van der Waals surface area contributed by atoms with Crippen LogP contribution < -0.4 is 32.3 Å². The predicted molar refractivity (Wildman–Crippen MR) is 171 cm³/mol. The fourth-order valence-electron chi connectivity index (χ4n) is 5.84. The van der Waals surface area contributed by atoms with Crippen LogP contribution >= 0.6 is 0 Å². The second kappa shape index (κ2) is 12.0. The third-order valence-electron chi connectivity index (χ3n) is 8.64. The van der Waals surface area contributed by atoms with Crippen LogP contribution in [-0.2, 0) is 9.59 Å². The molecule has 1 saturated heterocycles. The Kier molecular flexibility index (Phi) is 7.94. The van der Waals surface area contributed by atoms with E-state index in [-0.39, 0.29) is 58.4 Å². The molecule has 46 heavy (non-hydrogen) atoms. The highest BCUT2D eigenvalue weighted by Crippen LogP contribution is 2.48. The minimum Gasteiger partial charge on any atom is -0.393 e. The van der Waals surface area contributed by atoms with Crippen LogP contribution in [0.3, 0.4) is 0 Å². The molecule has 0 bridgehead atoms. The normalized spacial score (nSPS) is 18.1. The molecule has 2 fully saturated rings. The molecule has 14 nitrogen and oxygen atoms in total. The monoisotopic (exact) mass is 624 g/mol. The van der Waals surface area contributed by atoms with E-state index in [1.807, 2.05) is 36.1 Å². The van der Waals surface area contributed by atoms with E-state index in [0.29, 0.717) is 25.1 Å². The first kappa shape index (κ1) is 30.4. The first-order valence-electron chi connectivity index (χ1n) is 15.0. The number of rotatable bonds is 9. The number of aromatic nitrogens is 3. The van der Waals surface area contributed by atoms with Gasteiger partial charge in [-0.3, -0.25) is 23.9 Å². The van der Waals surface area contributed by atoms with Gasteiger partial charge in [-0.1, -0.05) is 18.2 Å². The predicted octanol–water partition coefficient (Wildman–Crippen LogP) is 1.62. The van der Waals surface area contributed by atoms with Crippen LogP contribution in [0, 0.1) is 5.92 Å². The van der Waals surface area contributed by atoms with Gasteiger partial charge < -0.3 is 37.2 Å². The minimum atomic E-state index is -0.504. The van der Waals surface area contributed by atoms with Gasteiger partial charge in [0.25, 0.3) is 11.8 Å². The van der Waals surface area contributed by atoms with Crippen LogP contribution in [-0.4, -0.2) is 70.9 Å². The van der Waals surface area contributed by atoms with Crippen molar-refractivity contribution >= 4 is 35.4 Å². The molecule has 2 aliphatic heterocycles. The fourth-order valence-corrected chi connectivity index (χ4v) is 5.84. The molecular formula is C32H36N10O4. The van der Waals surface area contributed by atoms with Gasteiger partial charge in [0.15, 0.2) is 6.29 Å². The van der Waals surface area contributed by atoms with Crippen molar-refractivity contribution in [3.8, 4) is 11.1 Å². The number of para-hydroxylation sites is 1. The van der Waals surface area contributed by atoms with E-state index >= 15 is 0 Å². The topological polar surface area (TPSA) is 194 Å². The number of nitrogens with one attached hydrogen (secondary N) is 3. The highest BCUT2D eigenvalue weighted by atomic mass is 16.2. The number of likely N-dealkylation sites (N-methyl/N-ethyl adjacent to an activating group) is 1. The highest BCUT2D eigenvalue weighted by molar-refractivity contribution is 5.96. The van der Waals surface area contributed by atoms with Crippen molar-refractivity contribution in [3.63, 3.8) is 0 Å². The molecule has 1 aromatic carbocycles. The summed E-state index contributed by atoms with van der Waals surface area (Å²) in [5.41, 5.74) is 17.4. The maximum absolute atomic E-state index is 13.0. The number of allylic oxidation sites excluding steroid dienone is 1. The molecule has 3 aromatic rings. The van der Waals surface area contributed by atoms with Crippen LogP contribution in [0.15, 0.2) is 65.9 Å². The van der Waals surface area contributed by atoms with E-state index in [9.17, 15) is 19.2 Å². The van der Waals surface area contributed by atoms with Crippen molar-refractivity contribution in [1.82, 2.24) is 30.3 Å². The number of nitrogens with zero attached hydrogens (tertiary/aromatic N) is 5. The van der Waals surface area contributed by atoms with Crippen LogP contribution in [0.5, 0.6) is 0 Å². The van der Waals surface area contributed by atoms with Crippen LogP contribution in [0.2, 0.25) is 0 Å². The van der Waals surface area contributed by atoms with Crippen molar-refractivity contribution in [2.45, 2.75) is 31.8 Å². The number of pyridine rings is 1. The summed E-state index contributed by atoms with van der Waals surface area (Å²) in [4.78, 5) is 56.9. The second-order valence-electron chi connectivity index (χ2n) is 11.7. The smallest absolute Gasteiger partial charge is 0.272 e. The number of carbonyl (C=O) groups is 4. The zero-order chi connectivity index (χ0) is 32.7. The molecule has 1 saturated carbocycles. The lowest BCUT2D eigenvalue weighted by Gasteiger charge is -2.42. The summed E-state index contributed by atoms with van der Waals surface area (Å²) in [6.45, 7) is 3.00. The van der Waals surface area contributed by atoms with Crippen molar-refractivity contribution in [2.24, 2.45) is 17.4 Å². The fraction of sp³-hybridized carbons (Fsp3) is 0.312. The van der Waals surface area contributed by atoms with E-state index in [0.717, 1.165) is 35.3 Å². The molecule has 4 heterocycles. The number of hydrogen-bond acceptors (Lipinski definition) is 10. The van der Waals surface area contributed by atoms with Crippen molar-refractivity contribution in [3.05, 3.63) is 83.0 Å². The average molecular weight is 625 g/mol. The number of anilines is 2. The minimum absolute atomic E-state index is 0.0264. The van der Waals surface area contributed by atoms with Crippen molar-refractivity contribution in [2.75, 3.05) is 37.4 Å². The molecule has 6 rings (SSSR count). The van der Waals surface area contributed by atoms with E-state index in [1.54, 1.807) is 23.1 Å². The zero-order valence-electron chi connectivity index (χ0n) is 25.8. The maximum Gasteiger partial charge on any atom is 0.272 e. The molecule has 3 aliphatic rings. The van der Waals surface area contributed by atoms with Gasteiger partial charge in [0.2, 0.25) is 5.91 Å². The van der Waals surface area contributed by atoms with Gasteiger partial charge in [0, 0.05) is 50.3 Å². The standard InChI is InChI=1S/C32H36N10O4/c1-17-28-22(13-36-42(28)20-14-41(15-20)32(46)24-9-4-6-19(16-43)37-24)21-7-5-8-23(29(21)40(17)3)38-25(27(34)31(45)35-2)12-26(33)39-30(44)18-10-11-18/h4-9,12-13,16-18,20,38H,10-11,14-15,33-34H2,1-3H3,(H,35,45)(H,39,44)/b26-12+,27-25+. The lowest BCUT2D eigenvalue weighted by atomic mass is 9.93. The summed E-state index contributed by atoms with van der Waals surface area (Å²) in [7, 11) is 3.45. The number of amides is 3. The summed E-state index contributed by atoms with van der Waals surface area (Å²) in [6.07, 6.45) is 5.56. The summed E-state index contributed by atoms with van der Waals surface area (Å²) < 4.78 is 1.99. The van der Waals surface area contributed by atoms with Gasteiger partial charge in [0.1, 0.15) is 22.9 Å². The van der Waals surface area contributed by atoms with Crippen LogP contribution in [0.4, 0.5) is 11.4 Å². The summed E-state index contributed by atoms with van der Waals surface area (Å²) >= 11 is 0. The molecular weight excluding hydrogens is 588 g/mol. The van der Waals surface area contributed by atoms with Gasteiger partial charge in [-0.15, -0.1) is 0 Å². The van der Waals surface area contributed by atoms with Crippen molar-refractivity contribution in [1.29, 1.82) is 0 Å². The van der Waals surface area contributed by atoms with E-state index in [4.69, 9.17) is 16.6 Å². The van der Waals surface area contributed by atoms with Gasteiger partial charge in [-0.25, -0.2) is 4.98 Å². The Labute approximate surface area is 265 Å². The molecule has 7 N–H and O–H groups in total. The molecule has 1 unspecified atom stereocenters. The molecule has 2 aromatic heterocycles. The van der Waals surface area contributed by atoms with E-state index < -0.39 is 5.91 Å². The Bertz CT molecular complexity index is 1800. The molecule has 3 amide bonds. The Morgan fingerprint density at radius 1 is 1.04 bits per heavy atom. The third kappa shape index (κ3) is 5.53. The number of nitrogens with two attached hydrogens (primary N) is 2. The van der Waals surface area contributed by atoms with Gasteiger partial charge in [0.05, 0.1) is 41.0 Å². The van der Waals surface area contributed by atoms with Gasteiger partial charge >= 0.3 is 0 Å². The van der Waals surface area contributed by atoms with Crippen molar-refractivity contribution < 1.29 is 19.2 Å². The number of benzene rings is 1. The summed E-state index contributed by atoms with van der Waals surface area (Å²) in [5.74, 6) is -0.869. The SMILES string of the molecule is CNC(=O)/C(N)=C(/C=C(\N)NC(=O)C1CC1)Nc1cccc2c1N(C)C(C)c1c-2cnn1C1CN(C(=O)c2cccc(C=O)n2)C1. The number of likely N-dealkylation sites (tertiary alicyclic amines) is 1. The number of carbonyl (C=O) groups excluding carboxylic acids is 4. The summed E-state index contributed by atoms with van der Waals surface area (Å²) in [5, 5.41) is 13.3. The third-order valence-corrected chi connectivity index (χ3v) is 8.64. The second-order valence-corrected chi connectivity index (χ2v) is 11.7. The average Bonchev–Trinajstić information content (AvgIpc) is 3.81. The lowest BCUT2D eigenvalue weighted by molar-refractivity contribution is -0.121. The maximum atomic E-state index is 13.0. The first-order valence-corrected chi connectivity index (χ1v) is 15.0. The Morgan fingerprint density at radius 3 is 2.48 bits per heavy atom. The van der Waals surface area contributed by atoms with Crippen LogP contribution in [0.1, 0.15) is 58.5 Å². The van der Waals surface area contributed by atoms with Crippen LogP contribution in [0.25, 0.3) is 11.1 Å². The number of fused-ring (bicyclic) bond motifs is 3. The molecule has 0 spiro atoms.